The van der Waals surface area contributed by atoms with Gasteiger partial charge in [-0.05, 0) is 59.9 Å². The lowest BCUT2D eigenvalue weighted by atomic mass is 9.98. The number of nitriles is 1. The molecular weight excluding hydrogens is 474 g/mol. The average molecular weight is 493 g/mol. The number of hydrogen-bond donors (Lipinski definition) is 0. The molecule has 1 saturated carbocycles. The van der Waals surface area contributed by atoms with Gasteiger partial charge in [0, 0.05) is 12.3 Å². The molecule has 4 aromatic rings. The van der Waals surface area contributed by atoms with Crippen LogP contribution in [0.25, 0.3) is 33.4 Å². The predicted molar refractivity (Wildman–Crippen MR) is 125 cm³/mol. The minimum atomic E-state index is -3.81. The standard InChI is InChI=1S/C26H18F2N2O4S/c1-2-35(32,33)23-10-17(26(14-29)5-6-26)12-30-24(23)21-13-34-22-4-3-15(9-20(22)25(21)31)16-7-18(27)11-19(28)8-16/h3-4,7-13H,2,5-6H2,1H3. The van der Waals surface area contributed by atoms with Crippen LogP contribution in [0, 0.1) is 23.0 Å². The molecule has 5 rings (SSSR count). The van der Waals surface area contributed by atoms with Gasteiger partial charge in [-0.2, -0.15) is 5.26 Å². The highest BCUT2D eigenvalue weighted by molar-refractivity contribution is 7.91. The minimum absolute atomic E-state index is 0.0674. The lowest BCUT2D eigenvalue weighted by Gasteiger charge is -2.13. The van der Waals surface area contributed by atoms with Crippen LogP contribution in [0.4, 0.5) is 8.78 Å². The molecule has 0 N–H and O–H groups in total. The SMILES string of the molecule is CCS(=O)(=O)c1cc(C2(C#N)CC2)cnc1-c1coc2ccc(-c3cc(F)cc(F)c3)cc2c1=O. The largest absolute Gasteiger partial charge is 0.463 e. The quantitative estimate of drug-likeness (QED) is 0.382. The highest BCUT2D eigenvalue weighted by Crippen LogP contribution is 2.48. The number of pyridine rings is 1. The monoisotopic (exact) mass is 492 g/mol. The Balaban J connectivity index is 1.72. The van der Waals surface area contributed by atoms with Gasteiger partial charge in [-0.3, -0.25) is 9.78 Å². The van der Waals surface area contributed by atoms with E-state index < -0.39 is 32.3 Å². The molecule has 2 aromatic carbocycles. The number of rotatable bonds is 5. The van der Waals surface area contributed by atoms with Crippen molar-refractivity contribution in [2.45, 2.75) is 30.1 Å². The lowest BCUT2D eigenvalue weighted by molar-refractivity contribution is 0.584. The van der Waals surface area contributed by atoms with Crippen LogP contribution in [0.15, 0.2) is 69.0 Å². The minimum Gasteiger partial charge on any atom is -0.463 e. The topological polar surface area (TPSA) is 101 Å². The zero-order valence-corrected chi connectivity index (χ0v) is 19.3. The van der Waals surface area contributed by atoms with Crippen molar-refractivity contribution >= 4 is 20.8 Å². The Morgan fingerprint density at radius 1 is 1.09 bits per heavy atom. The van der Waals surface area contributed by atoms with Crippen LogP contribution in [0.1, 0.15) is 25.3 Å². The van der Waals surface area contributed by atoms with Gasteiger partial charge < -0.3 is 4.42 Å². The van der Waals surface area contributed by atoms with E-state index >= 15 is 0 Å². The Hall–Kier alpha value is -3.90. The van der Waals surface area contributed by atoms with E-state index in [2.05, 4.69) is 11.1 Å². The number of aromatic nitrogens is 1. The summed E-state index contributed by atoms with van der Waals surface area (Å²) in [4.78, 5) is 17.6. The van der Waals surface area contributed by atoms with Crippen LogP contribution in [0.3, 0.4) is 0 Å². The van der Waals surface area contributed by atoms with Crippen LogP contribution in [0.5, 0.6) is 0 Å². The number of fused-ring (bicyclic) bond motifs is 1. The van der Waals surface area contributed by atoms with Crippen LogP contribution >= 0.6 is 0 Å². The van der Waals surface area contributed by atoms with Gasteiger partial charge >= 0.3 is 0 Å². The third kappa shape index (κ3) is 3.90. The molecule has 0 aliphatic heterocycles. The van der Waals surface area contributed by atoms with Gasteiger partial charge in [0.1, 0.15) is 23.5 Å². The fourth-order valence-electron chi connectivity index (χ4n) is 4.09. The van der Waals surface area contributed by atoms with E-state index in [1.54, 1.807) is 6.07 Å². The molecule has 9 heteroatoms. The zero-order chi connectivity index (χ0) is 25.0. The highest BCUT2D eigenvalue weighted by atomic mass is 32.2. The summed E-state index contributed by atoms with van der Waals surface area (Å²) < 4.78 is 58.9. The summed E-state index contributed by atoms with van der Waals surface area (Å²) in [7, 11) is -3.81. The van der Waals surface area contributed by atoms with E-state index in [0.717, 1.165) is 24.5 Å². The van der Waals surface area contributed by atoms with Crippen molar-refractivity contribution in [1.29, 1.82) is 5.26 Å². The van der Waals surface area contributed by atoms with E-state index in [0.29, 0.717) is 24.0 Å². The number of sulfone groups is 1. The van der Waals surface area contributed by atoms with Crippen LogP contribution < -0.4 is 5.43 Å². The molecule has 0 amide bonds. The van der Waals surface area contributed by atoms with Crippen molar-refractivity contribution in [3.63, 3.8) is 0 Å². The molecule has 1 aliphatic rings. The first-order valence-corrected chi connectivity index (χ1v) is 12.5. The fraction of sp³-hybridized carbons (Fsp3) is 0.192. The molecule has 6 nitrogen and oxygen atoms in total. The lowest BCUT2D eigenvalue weighted by Crippen LogP contribution is -2.14. The van der Waals surface area contributed by atoms with Gasteiger partial charge in [0.15, 0.2) is 9.84 Å². The van der Waals surface area contributed by atoms with Crippen molar-refractivity contribution in [2.24, 2.45) is 0 Å². The van der Waals surface area contributed by atoms with Crippen molar-refractivity contribution < 1.29 is 21.6 Å². The van der Waals surface area contributed by atoms with Gasteiger partial charge in [0.05, 0.1) is 38.8 Å². The van der Waals surface area contributed by atoms with E-state index in [-0.39, 0.29) is 38.4 Å². The molecule has 2 heterocycles. The first-order chi connectivity index (χ1) is 16.7. The Morgan fingerprint density at radius 3 is 2.43 bits per heavy atom. The summed E-state index contributed by atoms with van der Waals surface area (Å²) in [5.41, 5.74) is -0.102. The molecule has 0 atom stereocenters. The smallest absolute Gasteiger partial charge is 0.202 e. The predicted octanol–water partition coefficient (Wildman–Crippen LogP) is 5.15. The molecule has 2 aromatic heterocycles. The summed E-state index contributed by atoms with van der Waals surface area (Å²) in [5, 5.41) is 9.63. The number of benzene rings is 2. The van der Waals surface area contributed by atoms with Crippen molar-refractivity contribution in [3.8, 4) is 28.5 Å². The second kappa shape index (κ2) is 8.10. The molecular formula is C26H18F2N2O4S. The normalized spacial score (nSPS) is 14.6. The maximum Gasteiger partial charge on any atom is 0.202 e. The van der Waals surface area contributed by atoms with Gasteiger partial charge in [-0.1, -0.05) is 13.0 Å². The summed E-state index contributed by atoms with van der Waals surface area (Å²) >= 11 is 0. The first kappa shape index (κ1) is 22.9. The molecule has 0 spiro atoms. The zero-order valence-electron chi connectivity index (χ0n) is 18.5. The molecule has 35 heavy (non-hydrogen) atoms. The molecule has 1 aliphatic carbocycles. The number of halogens is 2. The van der Waals surface area contributed by atoms with Crippen molar-refractivity contribution in [2.75, 3.05) is 5.75 Å². The maximum atomic E-state index is 13.7. The van der Waals surface area contributed by atoms with Gasteiger partial charge in [-0.15, -0.1) is 0 Å². The molecule has 1 fully saturated rings. The van der Waals surface area contributed by atoms with Crippen molar-refractivity contribution in [3.05, 3.63) is 82.3 Å². The first-order valence-electron chi connectivity index (χ1n) is 10.8. The number of nitrogens with zero attached hydrogens (tertiary/aromatic N) is 2. The molecule has 0 radical (unpaired) electrons. The number of hydrogen-bond acceptors (Lipinski definition) is 6. The highest BCUT2D eigenvalue weighted by Gasteiger charge is 2.46. The summed E-state index contributed by atoms with van der Waals surface area (Å²) in [6.45, 7) is 1.48. The Kier molecular flexibility index (Phi) is 5.29. The van der Waals surface area contributed by atoms with E-state index in [1.165, 1.54) is 31.3 Å². The molecule has 0 bridgehead atoms. The van der Waals surface area contributed by atoms with E-state index in [1.807, 2.05) is 0 Å². The summed E-state index contributed by atoms with van der Waals surface area (Å²) in [5.74, 6) is -1.74. The molecule has 0 saturated heterocycles. The van der Waals surface area contributed by atoms with Crippen LogP contribution in [-0.4, -0.2) is 19.2 Å². The Labute approximate surface area is 199 Å². The maximum absolute atomic E-state index is 13.7. The van der Waals surface area contributed by atoms with Crippen LogP contribution in [-0.2, 0) is 15.3 Å². The van der Waals surface area contributed by atoms with Crippen LogP contribution in [0.2, 0.25) is 0 Å². The summed E-state index contributed by atoms with van der Waals surface area (Å²) in [6, 6.07) is 11.2. The van der Waals surface area contributed by atoms with E-state index in [4.69, 9.17) is 4.42 Å². The molecule has 176 valence electrons. The van der Waals surface area contributed by atoms with Crippen molar-refractivity contribution in [1.82, 2.24) is 4.98 Å². The van der Waals surface area contributed by atoms with Gasteiger partial charge in [-0.25, -0.2) is 17.2 Å². The second-order valence-corrected chi connectivity index (χ2v) is 10.8. The third-order valence-corrected chi connectivity index (χ3v) is 8.05. The molecule has 0 unspecified atom stereocenters. The third-order valence-electron chi connectivity index (χ3n) is 6.31. The Morgan fingerprint density at radius 2 is 1.80 bits per heavy atom. The Bertz CT molecular complexity index is 1700. The van der Waals surface area contributed by atoms with Gasteiger partial charge in [0.2, 0.25) is 5.43 Å². The summed E-state index contributed by atoms with van der Waals surface area (Å²) in [6.07, 6.45) is 3.80. The second-order valence-electron chi connectivity index (χ2n) is 8.52. The fourth-order valence-corrected chi connectivity index (χ4v) is 5.16. The van der Waals surface area contributed by atoms with E-state index in [9.17, 15) is 27.3 Å². The average Bonchev–Trinajstić information content (AvgIpc) is 3.65. The van der Waals surface area contributed by atoms with Gasteiger partial charge in [0.25, 0.3) is 0 Å².